The Morgan fingerprint density at radius 1 is 0.439 bits per heavy atom. The quantitative estimate of drug-likeness (QED) is 0.176. The van der Waals surface area contributed by atoms with E-state index in [2.05, 4.69) is 0 Å². The van der Waals surface area contributed by atoms with E-state index < -0.39 is 60.4 Å². The number of benzene rings is 8. The molecule has 6 nitrogen and oxygen atoms in total. The lowest BCUT2D eigenvalue weighted by Crippen LogP contribution is -2.07. The van der Waals surface area contributed by atoms with Gasteiger partial charge in [0, 0.05) is 43.6 Å². The van der Waals surface area contributed by atoms with Crippen LogP contribution < -0.4 is 0 Å². The fourth-order valence-electron chi connectivity index (χ4n) is 7.99. The molecule has 6 heteroatoms. The Labute approximate surface area is 340 Å². The largest absolute Gasteiger partial charge is 0.455 e. The Balaban J connectivity index is 1.38. The van der Waals surface area contributed by atoms with E-state index >= 15 is 0 Å². The third-order valence-corrected chi connectivity index (χ3v) is 10.5. The van der Waals surface area contributed by atoms with Gasteiger partial charge in [0.05, 0.1) is 46.8 Å². The van der Waals surface area contributed by atoms with Crippen molar-refractivity contribution in [2.24, 2.45) is 0 Å². The van der Waals surface area contributed by atoms with E-state index in [0.29, 0.717) is 38.8 Å². The van der Waals surface area contributed by atoms with E-state index in [9.17, 15) is 8.22 Å². The molecular weight excluding hydrogens is 699 g/mol. The van der Waals surface area contributed by atoms with E-state index in [1.165, 1.54) is 4.57 Å². The lowest BCUT2D eigenvalue weighted by atomic mass is 10.0. The molecule has 12 rings (SSSR count). The smallest absolute Gasteiger partial charge is 0.238 e. The van der Waals surface area contributed by atoms with Crippen molar-refractivity contribution in [3.8, 4) is 45.5 Å². The van der Waals surface area contributed by atoms with Gasteiger partial charge in [-0.25, -0.2) is 4.98 Å². The van der Waals surface area contributed by atoms with Gasteiger partial charge in [-0.1, -0.05) is 158 Å². The minimum atomic E-state index is -0.559. The van der Waals surface area contributed by atoms with Crippen LogP contribution in [-0.2, 0) is 0 Å². The van der Waals surface area contributed by atoms with Crippen LogP contribution in [0.3, 0.4) is 0 Å². The molecule has 4 heterocycles. The second kappa shape index (κ2) is 12.3. The van der Waals surface area contributed by atoms with Crippen molar-refractivity contribution in [2.75, 3.05) is 0 Å². The molecule has 57 heavy (non-hydrogen) atoms. The maximum Gasteiger partial charge on any atom is 0.238 e. The zero-order valence-corrected chi connectivity index (χ0v) is 29.8. The normalized spacial score (nSPS) is 14.3. The molecule has 0 aliphatic rings. The lowest BCUT2D eigenvalue weighted by Gasteiger charge is -2.15. The average molecular weight is 740 g/mol. The number of fused-ring (bicyclic) bond motifs is 10. The lowest BCUT2D eigenvalue weighted by molar-refractivity contribution is 0.670. The Bertz CT molecular complexity index is 4040. The van der Waals surface area contributed by atoms with Crippen molar-refractivity contribution in [1.82, 2.24) is 24.1 Å². The van der Waals surface area contributed by atoms with Gasteiger partial charge < -0.3 is 8.98 Å². The number of hydrogen-bond acceptors (Lipinski definition) is 4. The number of aromatic nitrogens is 5. The van der Waals surface area contributed by atoms with Gasteiger partial charge in [0.1, 0.15) is 11.2 Å². The van der Waals surface area contributed by atoms with Gasteiger partial charge in [0.15, 0.2) is 11.6 Å². The minimum Gasteiger partial charge on any atom is -0.455 e. The summed E-state index contributed by atoms with van der Waals surface area (Å²) in [6, 6.07) is 34.4. The molecule has 4 aromatic heterocycles. The third-order valence-electron chi connectivity index (χ3n) is 10.5. The number of rotatable bonds is 5. The first-order valence-corrected chi connectivity index (χ1v) is 18.3. The Kier molecular flexibility index (Phi) is 5.02. The third kappa shape index (κ3) is 4.74. The summed E-state index contributed by atoms with van der Waals surface area (Å²) >= 11 is 0. The summed E-state index contributed by atoms with van der Waals surface area (Å²) in [6.45, 7) is 0. The van der Waals surface area contributed by atoms with Crippen molar-refractivity contribution in [3.63, 3.8) is 0 Å². The molecule has 8 aromatic carbocycles. The zero-order valence-electron chi connectivity index (χ0n) is 39.8. The summed E-state index contributed by atoms with van der Waals surface area (Å²) in [5, 5.41) is 1.14. The highest BCUT2D eigenvalue weighted by Crippen LogP contribution is 2.45. The van der Waals surface area contributed by atoms with Crippen LogP contribution >= 0.6 is 0 Å². The fourth-order valence-corrected chi connectivity index (χ4v) is 7.99. The summed E-state index contributed by atoms with van der Waals surface area (Å²) in [4.78, 5) is 14.9. The van der Waals surface area contributed by atoms with Crippen LogP contribution in [0.15, 0.2) is 192 Å². The molecule has 12 aromatic rings. The van der Waals surface area contributed by atoms with Crippen LogP contribution in [0, 0.1) is 0 Å². The summed E-state index contributed by atoms with van der Waals surface area (Å²) < 4.78 is 103. The van der Waals surface area contributed by atoms with Crippen LogP contribution in [0.4, 0.5) is 0 Å². The summed E-state index contributed by atoms with van der Waals surface area (Å²) in [7, 11) is 0. The highest BCUT2D eigenvalue weighted by atomic mass is 16.3. The van der Waals surface area contributed by atoms with Gasteiger partial charge in [0.25, 0.3) is 0 Å². The fraction of sp³-hybridized carbons (Fsp3) is 0. The minimum absolute atomic E-state index is 0.00222. The number of nitrogens with zero attached hydrogens (tertiary/aromatic N) is 5. The molecule has 0 bridgehead atoms. The number of hydrogen-bond donors (Lipinski definition) is 0. The number of para-hydroxylation sites is 3. The first kappa shape index (κ1) is 23.2. The van der Waals surface area contributed by atoms with E-state index in [-0.39, 0.29) is 61.2 Å². The maximum atomic E-state index is 9.82. The average Bonchev–Trinajstić information content (AvgIpc) is 4.05. The molecule has 0 radical (unpaired) electrons. The molecule has 0 unspecified atom stereocenters. The van der Waals surface area contributed by atoms with Crippen LogP contribution in [0.5, 0.6) is 0 Å². The van der Waals surface area contributed by atoms with Gasteiger partial charge in [-0.2, -0.15) is 9.97 Å². The topological polar surface area (TPSA) is 61.7 Å². The second-order valence-corrected chi connectivity index (χ2v) is 13.6. The first-order valence-electron chi connectivity index (χ1n) is 23.3. The molecule has 266 valence electrons. The predicted molar refractivity (Wildman–Crippen MR) is 232 cm³/mol. The highest BCUT2D eigenvalue weighted by Gasteiger charge is 2.25. The molecule has 0 saturated carbocycles. The zero-order chi connectivity index (χ0) is 46.2. The summed E-state index contributed by atoms with van der Waals surface area (Å²) in [6.07, 6.45) is 0. The van der Waals surface area contributed by atoms with Gasteiger partial charge in [0.2, 0.25) is 5.95 Å². The van der Waals surface area contributed by atoms with Gasteiger partial charge >= 0.3 is 0 Å². The van der Waals surface area contributed by atoms with Crippen molar-refractivity contribution < 1.29 is 18.1 Å². The van der Waals surface area contributed by atoms with E-state index in [1.807, 2.05) is 127 Å². The molecule has 0 saturated heterocycles. The van der Waals surface area contributed by atoms with Crippen molar-refractivity contribution in [1.29, 1.82) is 0 Å². The van der Waals surface area contributed by atoms with Gasteiger partial charge in [-0.05, 0) is 35.8 Å². The summed E-state index contributed by atoms with van der Waals surface area (Å²) in [5.41, 5.74) is 4.41. The van der Waals surface area contributed by atoms with Gasteiger partial charge in [-0.15, -0.1) is 0 Å². The summed E-state index contributed by atoms with van der Waals surface area (Å²) in [5.74, 6) is 0.400. The van der Waals surface area contributed by atoms with Crippen LogP contribution in [0.1, 0.15) is 13.7 Å². The standard InChI is InChI=1S/C51H31N5O/c1-4-16-32(17-5-1)35-30-31-43(45-40-24-12-15-27-44(40)57-48(35)45)55-41-25-13-10-22-36(41)38-28-29-39-37-23-11-14-26-42(37)56(47(39)46(38)55)51-53-49(33-18-6-2-7-19-33)52-50(54-51)34-20-8-3-9-21-34/h1-31H/i10D,11D,13D,14D,22D,23D,25D,26D,28D,29D. The molecular formula is C51H31N5O. The Morgan fingerprint density at radius 3 is 1.60 bits per heavy atom. The van der Waals surface area contributed by atoms with E-state index in [1.54, 1.807) is 4.57 Å². The second-order valence-electron chi connectivity index (χ2n) is 13.6. The molecule has 0 aliphatic heterocycles. The molecule has 0 amide bonds. The van der Waals surface area contributed by atoms with E-state index in [0.717, 1.165) is 11.1 Å². The van der Waals surface area contributed by atoms with Crippen molar-refractivity contribution >= 4 is 65.6 Å². The molecule has 0 N–H and O–H groups in total. The van der Waals surface area contributed by atoms with Crippen LogP contribution in [0.2, 0.25) is 0 Å². The predicted octanol–water partition coefficient (Wildman–Crippen LogP) is 13.0. The molecule has 0 aliphatic carbocycles. The first-order chi connectivity index (χ1) is 32.5. The molecule has 0 spiro atoms. The van der Waals surface area contributed by atoms with Crippen LogP contribution in [-0.4, -0.2) is 24.1 Å². The van der Waals surface area contributed by atoms with Crippen molar-refractivity contribution in [2.45, 2.75) is 0 Å². The Morgan fingerprint density at radius 2 is 0.965 bits per heavy atom. The monoisotopic (exact) mass is 739 g/mol. The SMILES string of the molecule is [2H]c1c([2H])c([2H])c2c(c1[2H])c1c([2H])c([2H])c3c4c([2H])c([2H])c([2H])c([2H])c4n(-c4ccc(-c5ccccc5)c5oc6ccccc6c45)c3c1n2-c1nc(-c2ccccc2)nc(-c2ccccc2)n1. The number of furan rings is 1. The van der Waals surface area contributed by atoms with E-state index in [4.69, 9.17) is 24.9 Å². The molecule has 0 atom stereocenters. The van der Waals surface area contributed by atoms with Crippen LogP contribution in [0.25, 0.3) is 111 Å². The Hall–Kier alpha value is -7.83. The van der Waals surface area contributed by atoms with Crippen molar-refractivity contribution in [3.05, 3.63) is 188 Å². The maximum absolute atomic E-state index is 9.82. The highest BCUT2D eigenvalue weighted by molar-refractivity contribution is 6.25. The molecule has 0 fully saturated rings. The van der Waals surface area contributed by atoms with Gasteiger partial charge in [-0.3, -0.25) is 4.57 Å².